The van der Waals surface area contributed by atoms with Crippen LogP contribution in [-0.4, -0.2) is 53.4 Å². The van der Waals surface area contributed by atoms with Crippen LogP contribution in [0.3, 0.4) is 0 Å². The van der Waals surface area contributed by atoms with Crippen LogP contribution >= 0.6 is 0 Å². The number of aryl methyl sites for hydroxylation is 1. The van der Waals surface area contributed by atoms with Gasteiger partial charge in [-0.05, 0) is 60.5 Å². The number of ether oxygens (including phenoxy) is 2. The number of hydrogen-bond donors (Lipinski definition) is 0. The standard InChI is InChI=1S/C29H31FN4O2/c1-35-17-16-33(19-21-4-3-5-26(18-21)36-2)20-25-10-11-27-32-28(22-6-8-24(30)9-7-22)29(34(25)27)23-12-14-31-15-13-23/h3-9,12-15,18,25H,10-11,16-17,19-20H2,1-2H3/t25-/m0/s1. The van der Waals surface area contributed by atoms with Crippen LogP contribution in [0.25, 0.3) is 22.5 Å². The normalized spacial score (nSPS) is 14.8. The number of methoxy groups -OCH3 is 2. The van der Waals surface area contributed by atoms with E-state index in [9.17, 15) is 4.39 Å². The van der Waals surface area contributed by atoms with Gasteiger partial charge in [0.2, 0.25) is 0 Å². The molecular weight excluding hydrogens is 455 g/mol. The molecule has 3 heterocycles. The highest BCUT2D eigenvalue weighted by Crippen LogP contribution is 2.40. The zero-order chi connectivity index (χ0) is 24.9. The molecule has 0 bridgehead atoms. The second-order valence-electron chi connectivity index (χ2n) is 9.11. The summed E-state index contributed by atoms with van der Waals surface area (Å²) in [5.74, 6) is 1.68. The summed E-state index contributed by atoms with van der Waals surface area (Å²) in [7, 11) is 3.43. The number of nitrogens with zero attached hydrogens (tertiary/aromatic N) is 4. The summed E-state index contributed by atoms with van der Waals surface area (Å²) in [5.41, 5.74) is 5.13. The molecule has 1 aliphatic heterocycles. The van der Waals surface area contributed by atoms with E-state index in [1.165, 1.54) is 17.7 Å². The summed E-state index contributed by atoms with van der Waals surface area (Å²) in [6, 6.07) is 19.1. The van der Waals surface area contributed by atoms with Crippen LogP contribution in [0, 0.1) is 5.82 Å². The highest BCUT2D eigenvalue weighted by molar-refractivity contribution is 5.79. The van der Waals surface area contributed by atoms with Crippen LogP contribution in [0.1, 0.15) is 23.9 Å². The third kappa shape index (κ3) is 5.17. The number of hydrogen-bond acceptors (Lipinski definition) is 5. The smallest absolute Gasteiger partial charge is 0.123 e. The van der Waals surface area contributed by atoms with Gasteiger partial charge in [0.25, 0.3) is 0 Å². The van der Waals surface area contributed by atoms with Crippen LogP contribution in [0.4, 0.5) is 4.39 Å². The van der Waals surface area contributed by atoms with Crippen molar-refractivity contribution in [2.45, 2.75) is 25.4 Å². The summed E-state index contributed by atoms with van der Waals surface area (Å²) >= 11 is 0. The maximum Gasteiger partial charge on any atom is 0.123 e. The first-order valence-corrected chi connectivity index (χ1v) is 12.3. The minimum Gasteiger partial charge on any atom is -0.497 e. The summed E-state index contributed by atoms with van der Waals surface area (Å²) < 4.78 is 26.9. The Morgan fingerprint density at radius 2 is 1.83 bits per heavy atom. The Labute approximate surface area is 211 Å². The number of imidazole rings is 1. The molecule has 4 aromatic rings. The lowest BCUT2D eigenvalue weighted by Gasteiger charge is -2.27. The second kappa shape index (κ2) is 11.0. The molecular formula is C29H31FN4O2. The molecule has 7 heteroatoms. The van der Waals surface area contributed by atoms with Crippen molar-refractivity contribution in [3.63, 3.8) is 0 Å². The summed E-state index contributed by atoms with van der Waals surface area (Å²) in [4.78, 5) is 11.7. The lowest BCUT2D eigenvalue weighted by atomic mass is 10.0. The number of pyridine rings is 1. The molecule has 5 rings (SSSR count). The van der Waals surface area contributed by atoms with Crippen LogP contribution in [0.5, 0.6) is 5.75 Å². The van der Waals surface area contributed by atoms with Gasteiger partial charge in [-0.2, -0.15) is 0 Å². The fourth-order valence-electron chi connectivity index (χ4n) is 5.02. The Morgan fingerprint density at radius 1 is 1.03 bits per heavy atom. The van der Waals surface area contributed by atoms with E-state index in [1.807, 2.05) is 24.3 Å². The van der Waals surface area contributed by atoms with E-state index in [2.05, 4.69) is 26.6 Å². The molecule has 2 aromatic carbocycles. The first kappa shape index (κ1) is 24.2. The van der Waals surface area contributed by atoms with Gasteiger partial charge in [0.15, 0.2) is 0 Å². The largest absolute Gasteiger partial charge is 0.497 e. The van der Waals surface area contributed by atoms with Gasteiger partial charge in [-0.1, -0.05) is 12.1 Å². The van der Waals surface area contributed by atoms with Gasteiger partial charge in [0.05, 0.1) is 25.1 Å². The summed E-state index contributed by atoms with van der Waals surface area (Å²) in [6.07, 6.45) is 5.54. The summed E-state index contributed by atoms with van der Waals surface area (Å²) in [5, 5.41) is 0. The van der Waals surface area contributed by atoms with Crippen molar-refractivity contribution in [3.05, 3.63) is 90.3 Å². The van der Waals surface area contributed by atoms with Crippen molar-refractivity contribution in [1.29, 1.82) is 0 Å². The topological polar surface area (TPSA) is 52.4 Å². The molecule has 186 valence electrons. The van der Waals surface area contributed by atoms with Crippen LogP contribution in [0.2, 0.25) is 0 Å². The quantitative estimate of drug-likeness (QED) is 0.301. The molecule has 0 unspecified atom stereocenters. The minimum absolute atomic E-state index is 0.250. The Balaban J connectivity index is 1.49. The van der Waals surface area contributed by atoms with E-state index in [1.54, 1.807) is 38.7 Å². The zero-order valence-corrected chi connectivity index (χ0v) is 20.7. The fourth-order valence-corrected chi connectivity index (χ4v) is 5.02. The van der Waals surface area contributed by atoms with Gasteiger partial charge in [-0.25, -0.2) is 9.37 Å². The van der Waals surface area contributed by atoms with Crippen LogP contribution in [-0.2, 0) is 17.7 Å². The number of halogens is 1. The molecule has 36 heavy (non-hydrogen) atoms. The van der Waals surface area contributed by atoms with Crippen molar-refractivity contribution in [1.82, 2.24) is 19.4 Å². The molecule has 0 saturated heterocycles. The van der Waals surface area contributed by atoms with Crippen LogP contribution < -0.4 is 4.74 Å². The molecule has 0 aliphatic carbocycles. The Morgan fingerprint density at radius 3 is 2.58 bits per heavy atom. The summed E-state index contributed by atoms with van der Waals surface area (Å²) in [6.45, 7) is 3.15. The van der Waals surface area contributed by atoms with E-state index < -0.39 is 0 Å². The van der Waals surface area contributed by atoms with Gasteiger partial charge in [0, 0.05) is 62.7 Å². The average Bonchev–Trinajstić information content (AvgIpc) is 3.48. The molecule has 6 nitrogen and oxygen atoms in total. The third-order valence-electron chi connectivity index (χ3n) is 6.74. The van der Waals surface area contributed by atoms with Crippen LogP contribution in [0.15, 0.2) is 73.1 Å². The van der Waals surface area contributed by atoms with E-state index >= 15 is 0 Å². The highest BCUT2D eigenvalue weighted by Gasteiger charge is 2.31. The lowest BCUT2D eigenvalue weighted by molar-refractivity contribution is 0.134. The molecule has 0 radical (unpaired) electrons. The van der Waals surface area contributed by atoms with Gasteiger partial charge in [-0.3, -0.25) is 9.88 Å². The number of aromatic nitrogens is 3. The zero-order valence-electron chi connectivity index (χ0n) is 20.7. The van der Waals surface area contributed by atoms with E-state index in [0.29, 0.717) is 6.61 Å². The van der Waals surface area contributed by atoms with E-state index in [-0.39, 0.29) is 11.9 Å². The van der Waals surface area contributed by atoms with Crippen molar-refractivity contribution in [2.75, 3.05) is 33.9 Å². The predicted octanol–water partition coefficient (Wildman–Crippen LogP) is 5.40. The Bertz CT molecular complexity index is 1290. The maximum atomic E-state index is 13.7. The fraction of sp³-hybridized carbons (Fsp3) is 0.310. The minimum atomic E-state index is -0.250. The van der Waals surface area contributed by atoms with Crippen molar-refractivity contribution in [2.24, 2.45) is 0 Å². The van der Waals surface area contributed by atoms with Crippen molar-refractivity contribution < 1.29 is 13.9 Å². The number of fused-ring (bicyclic) bond motifs is 1. The molecule has 0 amide bonds. The molecule has 0 N–H and O–H groups in total. The van der Waals surface area contributed by atoms with Gasteiger partial charge in [0.1, 0.15) is 17.4 Å². The molecule has 0 fully saturated rings. The number of rotatable bonds is 10. The van der Waals surface area contributed by atoms with Gasteiger partial charge in [-0.15, -0.1) is 0 Å². The Hall–Kier alpha value is -3.55. The SMILES string of the molecule is COCCN(Cc1cccc(OC)c1)C[C@@H]1CCc2nc(-c3ccc(F)cc3)c(-c3ccncc3)n21. The van der Waals surface area contributed by atoms with Crippen molar-refractivity contribution >= 4 is 0 Å². The second-order valence-corrected chi connectivity index (χ2v) is 9.11. The third-order valence-corrected chi connectivity index (χ3v) is 6.74. The first-order valence-electron chi connectivity index (χ1n) is 12.3. The lowest BCUT2D eigenvalue weighted by Crippen LogP contribution is -2.32. The molecule has 1 atom stereocenters. The van der Waals surface area contributed by atoms with Gasteiger partial charge >= 0.3 is 0 Å². The van der Waals surface area contributed by atoms with Crippen molar-refractivity contribution in [3.8, 4) is 28.3 Å². The monoisotopic (exact) mass is 486 g/mol. The Kier molecular flexibility index (Phi) is 7.39. The maximum absolute atomic E-state index is 13.7. The van der Waals surface area contributed by atoms with E-state index in [4.69, 9.17) is 14.5 Å². The van der Waals surface area contributed by atoms with Gasteiger partial charge < -0.3 is 14.0 Å². The molecule has 2 aromatic heterocycles. The predicted molar refractivity (Wildman–Crippen MR) is 138 cm³/mol. The highest BCUT2D eigenvalue weighted by atomic mass is 19.1. The number of benzene rings is 2. The molecule has 1 aliphatic rings. The van der Waals surface area contributed by atoms with E-state index in [0.717, 1.165) is 66.6 Å². The average molecular weight is 487 g/mol. The molecule has 0 spiro atoms. The molecule has 0 saturated carbocycles. The first-order chi connectivity index (χ1) is 17.7.